The molecule has 1 aliphatic rings. The topological polar surface area (TPSA) is 42.4 Å². The first kappa shape index (κ1) is 16.7. The van der Waals surface area contributed by atoms with Gasteiger partial charge in [-0.15, -0.1) is 0 Å². The third kappa shape index (κ3) is 4.20. The van der Waals surface area contributed by atoms with Gasteiger partial charge in [-0.2, -0.15) is 0 Å². The zero-order valence-electron chi connectivity index (χ0n) is 14.1. The number of piperidine rings is 1. The van der Waals surface area contributed by atoms with Crippen LogP contribution in [0.1, 0.15) is 17.5 Å². The second-order valence-corrected chi connectivity index (χ2v) is 6.38. The van der Waals surface area contributed by atoms with E-state index in [4.69, 9.17) is 4.74 Å². The van der Waals surface area contributed by atoms with Crippen LogP contribution in [0.4, 0.5) is 0 Å². The SMILES string of the molecule is CO[C@H]1CN(C(=O)Cc2ccncc2)CC[C@@H]1Cc1ccccc1. The minimum Gasteiger partial charge on any atom is -0.379 e. The molecule has 1 aromatic heterocycles. The fourth-order valence-electron chi connectivity index (χ4n) is 3.40. The number of pyridine rings is 1. The van der Waals surface area contributed by atoms with Crippen LogP contribution in [0, 0.1) is 5.92 Å². The van der Waals surface area contributed by atoms with E-state index in [0.29, 0.717) is 18.9 Å². The number of rotatable bonds is 5. The summed E-state index contributed by atoms with van der Waals surface area (Å²) in [5.41, 5.74) is 2.34. The smallest absolute Gasteiger partial charge is 0.227 e. The van der Waals surface area contributed by atoms with Gasteiger partial charge < -0.3 is 9.64 Å². The quantitative estimate of drug-likeness (QED) is 0.849. The van der Waals surface area contributed by atoms with Crippen LogP contribution in [0.2, 0.25) is 0 Å². The Morgan fingerprint density at radius 1 is 1.17 bits per heavy atom. The van der Waals surface area contributed by atoms with Crippen LogP contribution in [0.25, 0.3) is 0 Å². The maximum Gasteiger partial charge on any atom is 0.227 e. The lowest BCUT2D eigenvalue weighted by Crippen LogP contribution is -2.48. The molecule has 2 atom stereocenters. The molecule has 2 aromatic rings. The summed E-state index contributed by atoms with van der Waals surface area (Å²) in [7, 11) is 1.75. The first-order valence-electron chi connectivity index (χ1n) is 8.49. The molecule has 1 amide bonds. The van der Waals surface area contributed by atoms with Crippen molar-refractivity contribution in [3.8, 4) is 0 Å². The van der Waals surface area contributed by atoms with Crippen molar-refractivity contribution in [2.75, 3.05) is 20.2 Å². The number of methoxy groups -OCH3 is 1. The summed E-state index contributed by atoms with van der Waals surface area (Å²) in [5, 5.41) is 0. The maximum atomic E-state index is 12.5. The molecular formula is C20H24N2O2. The zero-order valence-corrected chi connectivity index (χ0v) is 14.1. The zero-order chi connectivity index (χ0) is 16.8. The predicted octanol–water partition coefficient (Wildman–Crippen LogP) is 2.73. The summed E-state index contributed by atoms with van der Waals surface area (Å²) in [4.78, 5) is 18.5. The summed E-state index contributed by atoms with van der Waals surface area (Å²) < 4.78 is 5.70. The highest BCUT2D eigenvalue weighted by molar-refractivity contribution is 5.78. The molecule has 0 saturated carbocycles. The standard InChI is InChI=1S/C20H24N2O2/c1-24-19-15-22(20(23)14-17-7-10-21-11-8-17)12-9-18(19)13-16-5-3-2-4-6-16/h2-8,10-11,18-19H,9,12-15H2,1H3/t18-,19+/m1/s1. The van der Waals surface area contributed by atoms with Crippen molar-refractivity contribution in [1.82, 2.24) is 9.88 Å². The number of benzene rings is 1. The average molecular weight is 324 g/mol. The number of carbonyl (C=O) groups is 1. The summed E-state index contributed by atoms with van der Waals surface area (Å²) in [5.74, 6) is 0.629. The van der Waals surface area contributed by atoms with Crippen LogP contribution in [-0.2, 0) is 22.4 Å². The van der Waals surface area contributed by atoms with Crippen LogP contribution in [-0.4, -0.2) is 42.1 Å². The Labute approximate surface area is 143 Å². The molecule has 1 fully saturated rings. The van der Waals surface area contributed by atoms with Gasteiger partial charge in [0, 0.05) is 32.6 Å². The van der Waals surface area contributed by atoms with Crippen molar-refractivity contribution < 1.29 is 9.53 Å². The molecule has 1 saturated heterocycles. The Hall–Kier alpha value is -2.20. The Morgan fingerprint density at radius 2 is 1.92 bits per heavy atom. The molecule has 0 bridgehead atoms. The molecule has 0 unspecified atom stereocenters. The molecule has 2 heterocycles. The van der Waals surface area contributed by atoms with Gasteiger partial charge in [0.05, 0.1) is 12.5 Å². The van der Waals surface area contributed by atoms with Gasteiger partial charge in [-0.3, -0.25) is 9.78 Å². The van der Waals surface area contributed by atoms with Gasteiger partial charge in [0.25, 0.3) is 0 Å². The maximum absolute atomic E-state index is 12.5. The fraction of sp³-hybridized carbons (Fsp3) is 0.400. The normalized spacial score (nSPS) is 20.8. The minimum atomic E-state index is 0.0975. The average Bonchev–Trinajstić information content (AvgIpc) is 2.63. The van der Waals surface area contributed by atoms with Crippen LogP contribution >= 0.6 is 0 Å². The molecule has 0 radical (unpaired) electrons. The van der Waals surface area contributed by atoms with Gasteiger partial charge in [0.2, 0.25) is 5.91 Å². The highest BCUT2D eigenvalue weighted by Crippen LogP contribution is 2.24. The van der Waals surface area contributed by atoms with Crippen LogP contribution in [0.5, 0.6) is 0 Å². The molecule has 3 rings (SSSR count). The first-order chi connectivity index (χ1) is 11.8. The number of amides is 1. The van der Waals surface area contributed by atoms with Crippen molar-refractivity contribution in [2.24, 2.45) is 5.92 Å². The van der Waals surface area contributed by atoms with Crippen LogP contribution in [0.15, 0.2) is 54.9 Å². The molecule has 0 aliphatic carbocycles. The van der Waals surface area contributed by atoms with E-state index in [9.17, 15) is 4.79 Å². The van der Waals surface area contributed by atoms with Crippen molar-refractivity contribution in [3.63, 3.8) is 0 Å². The van der Waals surface area contributed by atoms with Crippen molar-refractivity contribution in [2.45, 2.75) is 25.4 Å². The first-order valence-corrected chi connectivity index (χ1v) is 8.49. The highest BCUT2D eigenvalue weighted by atomic mass is 16.5. The number of ether oxygens (including phenoxy) is 1. The fourth-order valence-corrected chi connectivity index (χ4v) is 3.40. The van der Waals surface area contributed by atoms with E-state index in [1.165, 1.54) is 5.56 Å². The lowest BCUT2D eigenvalue weighted by molar-refractivity contribution is -0.135. The Balaban J connectivity index is 1.59. The van der Waals surface area contributed by atoms with E-state index >= 15 is 0 Å². The van der Waals surface area contributed by atoms with E-state index in [-0.39, 0.29) is 12.0 Å². The summed E-state index contributed by atoms with van der Waals surface area (Å²) in [6, 6.07) is 14.3. The molecule has 4 nitrogen and oxygen atoms in total. The lowest BCUT2D eigenvalue weighted by atomic mass is 9.87. The molecular weight excluding hydrogens is 300 g/mol. The third-order valence-electron chi connectivity index (χ3n) is 4.80. The van der Waals surface area contributed by atoms with Gasteiger partial charge in [-0.1, -0.05) is 30.3 Å². The molecule has 1 aliphatic heterocycles. The number of nitrogens with zero attached hydrogens (tertiary/aromatic N) is 2. The minimum absolute atomic E-state index is 0.0975. The van der Waals surface area contributed by atoms with Crippen molar-refractivity contribution in [1.29, 1.82) is 0 Å². The van der Waals surface area contributed by atoms with Gasteiger partial charge in [0.1, 0.15) is 0 Å². The van der Waals surface area contributed by atoms with Crippen LogP contribution in [0.3, 0.4) is 0 Å². The van der Waals surface area contributed by atoms with E-state index in [2.05, 4.69) is 29.2 Å². The van der Waals surface area contributed by atoms with Crippen molar-refractivity contribution in [3.05, 3.63) is 66.0 Å². The largest absolute Gasteiger partial charge is 0.379 e. The van der Waals surface area contributed by atoms with E-state index < -0.39 is 0 Å². The summed E-state index contributed by atoms with van der Waals surface area (Å²) in [6.07, 6.45) is 5.98. The number of hydrogen-bond donors (Lipinski definition) is 0. The van der Waals surface area contributed by atoms with E-state index in [0.717, 1.165) is 24.9 Å². The Bertz CT molecular complexity index is 645. The molecule has 126 valence electrons. The number of likely N-dealkylation sites (tertiary alicyclic amines) is 1. The second-order valence-electron chi connectivity index (χ2n) is 6.38. The number of carbonyl (C=O) groups excluding carboxylic acids is 1. The summed E-state index contributed by atoms with van der Waals surface area (Å²) in [6.45, 7) is 1.49. The van der Waals surface area contributed by atoms with Gasteiger partial charge in [0.15, 0.2) is 0 Å². The molecule has 0 N–H and O–H groups in total. The Kier molecular flexibility index (Phi) is 5.59. The second kappa shape index (κ2) is 8.06. The molecule has 4 heteroatoms. The third-order valence-corrected chi connectivity index (χ3v) is 4.80. The highest BCUT2D eigenvalue weighted by Gasteiger charge is 2.31. The van der Waals surface area contributed by atoms with Gasteiger partial charge in [-0.25, -0.2) is 0 Å². The van der Waals surface area contributed by atoms with Crippen LogP contribution < -0.4 is 0 Å². The van der Waals surface area contributed by atoms with E-state index in [1.807, 2.05) is 23.1 Å². The van der Waals surface area contributed by atoms with E-state index in [1.54, 1.807) is 19.5 Å². The van der Waals surface area contributed by atoms with Crippen molar-refractivity contribution >= 4 is 5.91 Å². The molecule has 0 spiro atoms. The lowest BCUT2D eigenvalue weighted by Gasteiger charge is -2.38. The Morgan fingerprint density at radius 3 is 2.62 bits per heavy atom. The molecule has 24 heavy (non-hydrogen) atoms. The summed E-state index contributed by atoms with van der Waals surface area (Å²) >= 11 is 0. The number of aromatic nitrogens is 1. The predicted molar refractivity (Wildman–Crippen MR) is 93.6 cm³/mol. The number of hydrogen-bond acceptors (Lipinski definition) is 3. The van der Waals surface area contributed by atoms with Gasteiger partial charge >= 0.3 is 0 Å². The van der Waals surface area contributed by atoms with Gasteiger partial charge in [-0.05, 0) is 42.0 Å². The monoisotopic (exact) mass is 324 g/mol. The molecule has 1 aromatic carbocycles.